The second-order valence-electron chi connectivity index (χ2n) is 5.89. The summed E-state index contributed by atoms with van der Waals surface area (Å²) in [5.74, 6) is 2.14. The summed E-state index contributed by atoms with van der Waals surface area (Å²) in [5.41, 5.74) is 2.21. The second kappa shape index (κ2) is 9.09. The predicted octanol–water partition coefficient (Wildman–Crippen LogP) is 2.83. The summed E-state index contributed by atoms with van der Waals surface area (Å²) < 4.78 is 11.2. The highest BCUT2D eigenvalue weighted by Crippen LogP contribution is 2.38. The zero-order valence-electron chi connectivity index (χ0n) is 15.0. The Balaban J connectivity index is 1.45. The molecule has 0 bridgehead atoms. The van der Waals surface area contributed by atoms with Crippen LogP contribution in [-0.4, -0.2) is 44.3 Å². The van der Waals surface area contributed by atoms with Crippen molar-refractivity contribution in [2.75, 3.05) is 33.4 Å². The highest BCUT2D eigenvalue weighted by molar-refractivity contribution is 7.09. The van der Waals surface area contributed by atoms with E-state index in [-0.39, 0.29) is 0 Å². The number of benzene rings is 1. The molecule has 1 aromatic heterocycles. The van der Waals surface area contributed by atoms with Crippen molar-refractivity contribution >= 4 is 28.9 Å². The van der Waals surface area contributed by atoms with Crippen LogP contribution in [0.1, 0.15) is 16.3 Å². The van der Waals surface area contributed by atoms with Crippen LogP contribution in [0.3, 0.4) is 0 Å². The van der Waals surface area contributed by atoms with Crippen LogP contribution in [0.4, 0.5) is 0 Å². The van der Waals surface area contributed by atoms with E-state index in [9.17, 15) is 0 Å². The molecule has 0 amide bonds. The van der Waals surface area contributed by atoms with Crippen molar-refractivity contribution in [2.45, 2.75) is 19.8 Å². The molecule has 2 aromatic rings. The average Bonchev–Trinajstić information content (AvgIpc) is 3.05. The highest BCUT2D eigenvalue weighted by atomic mass is 35.5. The predicted molar refractivity (Wildman–Crippen MR) is 106 cm³/mol. The zero-order valence-corrected chi connectivity index (χ0v) is 16.5. The lowest BCUT2D eigenvalue weighted by atomic mass is 10.1. The lowest BCUT2D eigenvalue weighted by Gasteiger charge is -2.20. The van der Waals surface area contributed by atoms with Gasteiger partial charge in [-0.1, -0.05) is 11.6 Å². The lowest BCUT2D eigenvalue weighted by Crippen LogP contribution is -2.39. The lowest BCUT2D eigenvalue weighted by molar-refractivity contribution is 0.171. The molecule has 0 spiro atoms. The smallest absolute Gasteiger partial charge is 0.190 e. The fraction of sp³-hybridized carbons (Fsp3) is 0.444. The molecule has 26 heavy (non-hydrogen) atoms. The number of guanidine groups is 1. The molecular weight excluding hydrogens is 372 g/mol. The molecule has 0 aliphatic carbocycles. The van der Waals surface area contributed by atoms with E-state index >= 15 is 0 Å². The largest absolute Gasteiger partial charge is 0.486 e. The number of thiazole rings is 1. The van der Waals surface area contributed by atoms with Crippen molar-refractivity contribution in [1.29, 1.82) is 0 Å². The minimum atomic E-state index is 0.538. The van der Waals surface area contributed by atoms with Crippen LogP contribution >= 0.6 is 22.9 Å². The standard InChI is InChI=1S/C18H23ClN4O2S/c1-12-23-14(11-26-12)4-6-22-18(20-2)21-5-3-13-9-15(19)17-16(10-13)24-7-8-25-17/h9-11H,3-8H2,1-2H3,(H2,20,21,22). The van der Waals surface area contributed by atoms with Gasteiger partial charge in [-0.05, 0) is 31.0 Å². The normalized spacial score (nSPS) is 13.6. The molecule has 8 heteroatoms. The van der Waals surface area contributed by atoms with Crippen molar-refractivity contribution in [2.24, 2.45) is 4.99 Å². The molecule has 140 valence electrons. The van der Waals surface area contributed by atoms with Crippen LogP contribution in [0, 0.1) is 6.92 Å². The van der Waals surface area contributed by atoms with Gasteiger partial charge in [-0.25, -0.2) is 4.98 Å². The minimum absolute atomic E-state index is 0.538. The van der Waals surface area contributed by atoms with Crippen molar-refractivity contribution < 1.29 is 9.47 Å². The van der Waals surface area contributed by atoms with Gasteiger partial charge < -0.3 is 20.1 Å². The fourth-order valence-electron chi connectivity index (χ4n) is 2.69. The molecule has 0 radical (unpaired) electrons. The number of rotatable bonds is 6. The zero-order chi connectivity index (χ0) is 18.4. The van der Waals surface area contributed by atoms with Crippen LogP contribution in [0.5, 0.6) is 11.5 Å². The third-order valence-corrected chi connectivity index (χ3v) is 5.03. The van der Waals surface area contributed by atoms with Gasteiger partial charge in [0.15, 0.2) is 17.5 Å². The van der Waals surface area contributed by atoms with Gasteiger partial charge in [0, 0.05) is 31.9 Å². The molecule has 0 atom stereocenters. The summed E-state index contributed by atoms with van der Waals surface area (Å²) in [6, 6.07) is 3.92. The summed E-state index contributed by atoms with van der Waals surface area (Å²) >= 11 is 7.95. The molecule has 3 rings (SSSR count). The van der Waals surface area contributed by atoms with Crippen LogP contribution < -0.4 is 20.1 Å². The van der Waals surface area contributed by atoms with E-state index in [2.05, 4.69) is 26.0 Å². The molecule has 0 unspecified atom stereocenters. The molecule has 1 aliphatic heterocycles. The third-order valence-electron chi connectivity index (χ3n) is 3.93. The molecule has 6 nitrogen and oxygen atoms in total. The van der Waals surface area contributed by atoms with Crippen molar-refractivity contribution in [3.63, 3.8) is 0 Å². The van der Waals surface area contributed by atoms with Gasteiger partial charge in [-0.15, -0.1) is 11.3 Å². The summed E-state index contributed by atoms with van der Waals surface area (Å²) in [5, 5.41) is 10.4. The Hall–Kier alpha value is -1.99. The number of ether oxygens (including phenoxy) is 2. The number of aliphatic imine (C=N–C) groups is 1. The van der Waals surface area contributed by atoms with Crippen LogP contribution in [-0.2, 0) is 12.8 Å². The summed E-state index contributed by atoms with van der Waals surface area (Å²) in [6.07, 6.45) is 1.69. The van der Waals surface area contributed by atoms with E-state index in [0.717, 1.165) is 53.9 Å². The topological polar surface area (TPSA) is 67.8 Å². The Morgan fingerprint density at radius 1 is 1.23 bits per heavy atom. The quantitative estimate of drug-likeness (QED) is 0.582. The first kappa shape index (κ1) is 18.8. The maximum atomic E-state index is 6.28. The number of hydrogen-bond acceptors (Lipinski definition) is 5. The van der Waals surface area contributed by atoms with Gasteiger partial charge in [-0.3, -0.25) is 4.99 Å². The van der Waals surface area contributed by atoms with Gasteiger partial charge in [0.25, 0.3) is 0 Å². The van der Waals surface area contributed by atoms with Gasteiger partial charge in [0.05, 0.1) is 15.7 Å². The first-order valence-electron chi connectivity index (χ1n) is 8.59. The summed E-state index contributed by atoms with van der Waals surface area (Å²) in [6.45, 7) is 4.65. The van der Waals surface area contributed by atoms with E-state index in [0.29, 0.717) is 24.0 Å². The van der Waals surface area contributed by atoms with Crippen molar-refractivity contribution in [3.05, 3.63) is 38.8 Å². The molecule has 0 saturated heterocycles. The van der Waals surface area contributed by atoms with E-state index in [4.69, 9.17) is 21.1 Å². The molecule has 2 heterocycles. The molecular formula is C18H23ClN4O2S. The molecule has 0 fully saturated rings. The number of halogens is 1. The highest BCUT2D eigenvalue weighted by Gasteiger charge is 2.16. The average molecular weight is 395 g/mol. The number of aryl methyl sites for hydroxylation is 1. The number of nitrogens with zero attached hydrogens (tertiary/aromatic N) is 2. The Kier molecular flexibility index (Phi) is 6.57. The monoisotopic (exact) mass is 394 g/mol. The van der Waals surface area contributed by atoms with Gasteiger partial charge in [0.1, 0.15) is 13.2 Å². The maximum Gasteiger partial charge on any atom is 0.190 e. The number of fused-ring (bicyclic) bond motifs is 1. The van der Waals surface area contributed by atoms with E-state index in [1.54, 1.807) is 18.4 Å². The second-order valence-corrected chi connectivity index (χ2v) is 7.35. The Labute approximate surface area is 162 Å². The number of hydrogen-bond donors (Lipinski definition) is 2. The number of aromatic nitrogens is 1. The SMILES string of the molecule is CN=C(NCCc1cc(Cl)c2c(c1)OCCO2)NCCc1csc(C)n1. The van der Waals surface area contributed by atoms with Gasteiger partial charge in [0.2, 0.25) is 0 Å². The Morgan fingerprint density at radius 3 is 2.73 bits per heavy atom. The maximum absolute atomic E-state index is 6.28. The first-order chi connectivity index (χ1) is 12.7. The van der Waals surface area contributed by atoms with Crippen LogP contribution in [0.15, 0.2) is 22.5 Å². The van der Waals surface area contributed by atoms with Crippen molar-refractivity contribution in [3.8, 4) is 11.5 Å². The fourth-order valence-corrected chi connectivity index (χ4v) is 3.62. The molecule has 1 aliphatic rings. The molecule has 2 N–H and O–H groups in total. The third kappa shape index (κ3) is 5.02. The Morgan fingerprint density at radius 2 is 2.00 bits per heavy atom. The number of nitrogens with one attached hydrogen (secondary N) is 2. The molecule has 1 aromatic carbocycles. The van der Waals surface area contributed by atoms with E-state index in [1.165, 1.54) is 0 Å². The van der Waals surface area contributed by atoms with Gasteiger partial charge in [-0.2, -0.15) is 0 Å². The summed E-state index contributed by atoms with van der Waals surface area (Å²) in [4.78, 5) is 8.71. The van der Waals surface area contributed by atoms with Crippen molar-refractivity contribution in [1.82, 2.24) is 15.6 Å². The van der Waals surface area contributed by atoms with E-state index < -0.39 is 0 Å². The van der Waals surface area contributed by atoms with Crippen LogP contribution in [0.2, 0.25) is 5.02 Å². The first-order valence-corrected chi connectivity index (χ1v) is 9.85. The Bertz CT molecular complexity index is 779. The molecule has 0 saturated carbocycles. The van der Waals surface area contributed by atoms with E-state index in [1.807, 2.05) is 19.1 Å². The summed E-state index contributed by atoms with van der Waals surface area (Å²) in [7, 11) is 1.77. The van der Waals surface area contributed by atoms with Crippen LogP contribution in [0.25, 0.3) is 0 Å². The minimum Gasteiger partial charge on any atom is -0.486 e. The van der Waals surface area contributed by atoms with Gasteiger partial charge >= 0.3 is 0 Å².